The Morgan fingerprint density at radius 1 is 1.25 bits per heavy atom. The van der Waals surface area contributed by atoms with Crippen LogP contribution in [0.5, 0.6) is 0 Å². The van der Waals surface area contributed by atoms with Gasteiger partial charge >= 0.3 is 0 Å². The molecule has 0 unspecified atom stereocenters. The topological polar surface area (TPSA) is 24.9 Å². The number of hydrogen-bond donors (Lipinski definition) is 1. The highest BCUT2D eigenvalue weighted by Crippen LogP contribution is 2.22. The van der Waals surface area contributed by atoms with Crippen LogP contribution in [0.3, 0.4) is 0 Å². The van der Waals surface area contributed by atoms with Crippen molar-refractivity contribution in [3.05, 3.63) is 51.6 Å². The third-order valence-electron chi connectivity index (χ3n) is 2.16. The molecule has 16 heavy (non-hydrogen) atoms. The van der Waals surface area contributed by atoms with Gasteiger partial charge in [0, 0.05) is 10.7 Å². The third-order valence-corrected chi connectivity index (χ3v) is 3.01. The molecule has 0 spiro atoms. The number of aromatic nitrogens is 1. The molecular formula is C12H10BrClN2. The first kappa shape index (κ1) is 11.4. The number of nitrogens with one attached hydrogen (secondary N) is 1. The van der Waals surface area contributed by atoms with Crippen LogP contribution in [0.1, 0.15) is 5.56 Å². The molecular weight excluding hydrogens is 288 g/mol. The Hall–Kier alpha value is -1.06. The van der Waals surface area contributed by atoms with Gasteiger partial charge in [0.1, 0.15) is 10.4 Å². The lowest BCUT2D eigenvalue weighted by molar-refractivity contribution is 1.26. The van der Waals surface area contributed by atoms with Crippen molar-refractivity contribution in [2.45, 2.75) is 6.92 Å². The Kier molecular flexibility index (Phi) is 3.46. The molecule has 0 aliphatic carbocycles. The Bertz CT molecular complexity index is 514. The van der Waals surface area contributed by atoms with Gasteiger partial charge in [0.15, 0.2) is 0 Å². The molecule has 4 heteroatoms. The normalized spacial score (nSPS) is 10.2. The van der Waals surface area contributed by atoms with Crippen LogP contribution in [-0.4, -0.2) is 4.98 Å². The average molecular weight is 298 g/mol. The molecule has 0 saturated heterocycles. The van der Waals surface area contributed by atoms with E-state index in [9.17, 15) is 0 Å². The van der Waals surface area contributed by atoms with Gasteiger partial charge in [0.2, 0.25) is 0 Å². The Morgan fingerprint density at radius 2 is 2.06 bits per heavy atom. The van der Waals surface area contributed by atoms with Crippen molar-refractivity contribution < 1.29 is 0 Å². The molecule has 1 heterocycles. The molecule has 0 aliphatic heterocycles. The molecule has 0 saturated carbocycles. The maximum atomic E-state index is 6.04. The van der Waals surface area contributed by atoms with E-state index in [1.54, 1.807) is 0 Å². The minimum atomic E-state index is 0.750. The fourth-order valence-corrected chi connectivity index (χ4v) is 1.82. The van der Waals surface area contributed by atoms with Gasteiger partial charge in [-0.15, -0.1) is 0 Å². The van der Waals surface area contributed by atoms with Crippen molar-refractivity contribution in [3.8, 4) is 0 Å². The highest BCUT2D eigenvalue weighted by atomic mass is 79.9. The molecule has 0 atom stereocenters. The Labute approximate surface area is 108 Å². The lowest BCUT2D eigenvalue weighted by atomic mass is 10.2. The van der Waals surface area contributed by atoms with E-state index in [1.165, 1.54) is 0 Å². The van der Waals surface area contributed by atoms with Crippen molar-refractivity contribution in [1.29, 1.82) is 0 Å². The van der Waals surface area contributed by atoms with E-state index in [1.807, 2.05) is 43.3 Å². The summed E-state index contributed by atoms with van der Waals surface area (Å²) in [5.41, 5.74) is 2.00. The van der Waals surface area contributed by atoms with Crippen LogP contribution in [0.4, 0.5) is 11.5 Å². The minimum absolute atomic E-state index is 0.750. The molecule has 0 fully saturated rings. The van der Waals surface area contributed by atoms with Gasteiger partial charge in [-0.1, -0.05) is 23.7 Å². The predicted octanol–water partition coefficient (Wildman–Crippen LogP) is 4.55. The molecule has 0 amide bonds. The van der Waals surface area contributed by atoms with Crippen LogP contribution < -0.4 is 5.32 Å². The second-order valence-electron chi connectivity index (χ2n) is 3.43. The molecule has 2 nitrogen and oxygen atoms in total. The predicted molar refractivity (Wildman–Crippen MR) is 71.4 cm³/mol. The standard InChI is InChI=1S/C12H10BrClN2/c1-8-5-6-9(7-10(8)14)15-12-4-2-3-11(13)16-12/h2-7H,1H3,(H,15,16). The van der Waals surface area contributed by atoms with Gasteiger partial charge in [-0.2, -0.15) is 0 Å². The summed E-state index contributed by atoms with van der Waals surface area (Å²) in [6.07, 6.45) is 0. The number of halogens is 2. The molecule has 0 bridgehead atoms. The van der Waals surface area contributed by atoms with E-state index in [0.717, 1.165) is 26.7 Å². The molecule has 1 aromatic carbocycles. The molecule has 0 radical (unpaired) electrons. The summed E-state index contributed by atoms with van der Waals surface area (Å²) >= 11 is 9.37. The fraction of sp³-hybridized carbons (Fsp3) is 0.0833. The number of nitrogens with zero attached hydrogens (tertiary/aromatic N) is 1. The van der Waals surface area contributed by atoms with Gasteiger partial charge < -0.3 is 5.32 Å². The lowest BCUT2D eigenvalue weighted by Gasteiger charge is -2.07. The van der Waals surface area contributed by atoms with Gasteiger partial charge in [-0.05, 0) is 52.7 Å². The molecule has 82 valence electrons. The number of hydrogen-bond acceptors (Lipinski definition) is 2. The summed E-state index contributed by atoms with van der Waals surface area (Å²) in [7, 11) is 0. The molecule has 2 aromatic rings. The lowest BCUT2D eigenvalue weighted by Crippen LogP contribution is -1.93. The van der Waals surface area contributed by atoms with E-state index in [0.29, 0.717) is 0 Å². The maximum absolute atomic E-state index is 6.04. The quantitative estimate of drug-likeness (QED) is 0.823. The van der Waals surface area contributed by atoms with Gasteiger partial charge in [-0.3, -0.25) is 0 Å². The number of pyridine rings is 1. The zero-order valence-corrected chi connectivity index (χ0v) is 11.0. The van der Waals surface area contributed by atoms with Crippen LogP contribution in [-0.2, 0) is 0 Å². The number of benzene rings is 1. The summed E-state index contributed by atoms with van der Waals surface area (Å²) in [5, 5.41) is 3.94. The first-order valence-corrected chi connectivity index (χ1v) is 5.98. The van der Waals surface area contributed by atoms with Crippen molar-refractivity contribution in [3.63, 3.8) is 0 Å². The van der Waals surface area contributed by atoms with Gasteiger partial charge in [0.25, 0.3) is 0 Å². The highest BCUT2D eigenvalue weighted by Gasteiger charge is 1.99. The molecule has 2 rings (SSSR count). The van der Waals surface area contributed by atoms with Crippen LogP contribution >= 0.6 is 27.5 Å². The van der Waals surface area contributed by atoms with E-state index in [2.05, 4.69) is 26.2 Å². The average Bonchev–Trinajstić information content (AvgIpc) is 2.24. The van der Waals surface area contributed by atoms with Crippen molar-refractivity contribution in [2.24, 2.45) is 0 Å². The number of rotatable bonds is 2. The van der Waals surface area contributed by atoms with Crippen molar-refractivity contribution in [1.82, 2.24) is 4.98 Å². The van der Waals surface area contributed by atoms with Crippen molar-refractivity contribution in [2.75, 3.05) is 5.32 Å². The van der Waals surface area contributed by atoms with Crippen LogP contribution in [0.2, 0.25) is 5.02 Å². The van der Waals surface area contributed by atoms with E-state index in [4.69, 9.17) is 11.6 Å². The van der Waals surface area contributed by atoms with Gasteiger partial charge in [-0.25, -0.2) is 4.98 Å². The van der Waals surface area contributed by atoms with Gasteiger partial charge in [0.05, 0.1) is 0 Å². The zero-order valence-electron chi connectivity index (χ0n) is 8.67. The van der Waals surface area contributed by atoms with E-state index >= 15 is 0 Å². The molecule has 1 aromatic heterocycles. The second-order valence-corrected chi connectivity index (χ2v) is 4.65. The first-order chi connectivity index (χ1) is 7.65. The summed E-state index contributed by atoms with van der Waals surface area (Å²) in [5.74, 6) is 0.786. The van der Waals surface area contributed by atoms with E-state index < -0.39 is 0 Å². The first-order valence-electron chi connectivity index (χ1n) is 4.81. The van der Waals surface area contributed by atoms with E-state index in [-0.39, 0.29) is 0 Å². The summed E-state index contributed by atoms with van der Waals surface area (Å²) < 4.78 is 0.802. The second kappa shape index (κ2) is 4.85. The third kappa shape index (κ3) is 2.74. The molecule has 0 aliphatic rings. The maximum Gasteiger partial charge on any atom is 0.131 e. The SMILES string of the molecule is Cc1ccc(Nc2cccc(Br)n2)cc1Cl. The van der Waals surface area contributed by atoms with Crippen LogP contribution in [0, 0.1) is 6.92 Å². The smallest absolute Gasteiger partial charge is 0.131 e. The largest absolute Gasteiger partial charge is 0.340 e. The Morgan fingerprint density at radius 3 is 2.75 bits per heavy atom. The highest BCUT2D eigenvalue weighted by molar-refractivity contribution is 9.10. The zero-order chi connectivity index (χ0) is 11.5. The number of anilines is 2. The van der Waals surface area contributed by atoms with Crippen LogP contribution in [0.15, 0.2) is 41.0 Å². The monoisotopic (exact) mass is 296 g/mol. The summed E-state index contributed by atoms with van der Waals surface area (Å²) in [6, 6.07) is 11.5. The summed E-state index contributed by atoms with van der Waals surface area (Å²) in [4.78, 5) is 4.28. The summed E-state index contributed by atoms with van der Waals surface area (Å²) in [6.45, 7) is 1.98. The number of aryl methyl sites for hydroxylation is 1. The minimum Gasteiger partial charge on any atom is -0.340 e. The fourth-order valence-electron chi connectivity index (χ4n) is 1.30. The van der Waals surface area contributed by atoms with Crippen LogP contribution in [0.25, 0.3) is 0 Å². The molecule has 1 N–H and O–H groups in total. The van der Waals surface area contributed by atoms with Crippen molar-refractivity contribution >= 4 is 39.0 Å². The Balaban J connectivity index is 2.24.